The van der Waals surface area contributed by atoms with E-state index in [0.29, 0.717) is 11.6 Å². The Morgan fingerprint density at radius 3 is 2.56 bits per heavy atom. The number of nitrogens with zero attached hydrogens (tertiary/aromatic N) is 5. The zero-order valence-corrected chi connectivity index (χ0v) is 17.0. The molecular weight excluding hydrogens is 400 g/mol. The third-order valence-corrected chi connectivity index (χ3v) is 4.86. The summed E-state index contributed by atoms with van der Waals surface area (Å²) in [7, 11) is 0. The van der Waals surface area contributed by atoms with Gasteiger partial charge in [-0.3, -0.25) is 9.36 Å². The fourth-order valence-electron chi connectivity index (χ4n) is 3.27. The summed E-state index contributed by atoms with van der Waals surface area (Å²) in [4.78, 5) is 21.5. The molecule has 0 radical (unpaired) electrons. The molecule has 7 heteroatoms. The van der Waals surface area contributed by atoms with Crippen LogP contribution in [0.1, 0.15) is 5.56 Å². The summed E-state index contributed by atoms with van der Waals surface area (Å²) in [5.41, 5.74) is 3.05. The molecule has 0 saturated carbocycles. The van der Waals surface area contributed by atoms with Gasteiger partial charge in [0.25, 0.3) is 5.56 Å². The maximum absolute atomic E-state index is 12.5. The topological polar surface area (TPSA) is 77.6 Å². The Morgan fingerprint density at radius 2 is 1.78 bits per heavy atom. The first-order valence-corrected chi connectivity index (χ1v) is 10.0. The first-order valence-electron chi connectivity index (χ1n) is 10.0. The quantitative estimate of drug-likeness (QED) is 0.450. The summed E-state index contributed by atoms with van der Waals surface area (Å²) in [5.74, 6) is 6.55. The van der Waals surface area contributed by atoms with Gasteiger partial charge in [-0.2, -0.15) is 10.1 Å². The number of aromatic nitrogens is 5. The Labute approximate surface area is 184 Å². The van der Waals surface area contributed by atoms with Crippen LogP contribution in [0.4, 0.5) is 11.6 Å². The molecule has 0 unspecified atom stereocenters. The molecule has 7 nitrogen and oxygen atoms in total. The van der Waals surface area contributed by atoms with E-state index in [9.17, 15) is 4.79 Å². The first-order chi connectivity index (χ1) is 15.8. The number of nitrogens with one attached hydrogen (secondary N) is 1. The van der Waals surface area contributed by atoms with E-state index in [2.05, 4.69) is 32.2 Å². The van der Waals surface area contributed by atoms with Crippen molar-refractivity contribution < 1.29 is 0 Å². The summed E-state index contributed by atoms with van der Waals surface area (Å²) in [6.07, 6.45) is 5.32. The molecule has 0 bridgehead atoms. The highest BCUT2D eigenvalue weighted by molar-refractivity contribution is 5.75. The van der Waals surface area contributed by atoms with Gasteiger partial charge in [-0.1, -0.05) is 30.0 Å². The summed E-state index contributed by atoms with van der Waals surface area (Å²) >= 11 is 0. The molecule has 32 heavy (non-hydrogen) atoms. The van der Waals surface area contributed by atoms with Crippen molar-refractivity contribution >= 4 is 22.7 Å². The van der Waals surface area contributed by atoms with Gasteiger partial charge < -0.3 is 5.32 Å². The molecule has 0 fully saturated rings. The van der Waals surface area contributed by atoms with Crippen molar-refractivity contribution in [1.29, 1.82) is 0 Å². The Bertz CT molecular complexity index is 1480. The third-order valence-electron chi connectivity index (χ3n) is 4.86. The molecule has 0 aliphatic rings. The van der Waals surface area contributed by atoms with E-state index in [1.807, 2.05) is 66.9 Å². The number of rotatable bonds is 4. The first kappa shape index (κ1) is 19.3. The SMILES string of the molecule is O=c1ccc2cnc(Nc3ccc(-n4cccn4)cc3)nc2n1CC#Cc1ccccc1. The largest absolute Gasteiger partial charge is 0.324 e. The van der Waals surface area contributed by atoms with Crippen LogP contribution in [-0.4, -0.2) is 24.3 Å². The van der Waals surface area contributed by atoms with Crippen LogP contribution in [0.2, 0.25) is 0 Å². The average molecular weight is 418 g/mol. The van der Waals surface area contributed by atoms with Crippen molar-refractivity contribution in [3.05, 3.63) is 107 Å². The predicted octanol–water partition coefficient (Wildman–Crippen LogP) is 3.77. The lowest BCUT2D eigenvalue weighted by atomic mass is 10.2. The van der Waals surface area contributed by atoms with Gasteiger partial charge in [-0.05, 0) is 48.5 Å². The van der Waals surface area contributed by atoms with Crippen LogP contribution < -0.4 is 10.9 Å². The molecule has 0 atom stereocenters. The number of hydrogen-bond donors (Lipinski definition) is 1. The van der Waals surface area contributed by atoms with Crippen molar-refractivity contribution in [3.63, 3.8) is 0 Å². The summed E-state index contributed by atoms with van der Waals surface area (Å²) in [6, 6.07) is 22.5. The van der Waals surface area contributed by atoms with Gasteiger partial charge in [0.05, 0.1) is 12.2 Å². The molecule has 2 aromatic carbocycles. The van der Waals surface area contributed by atoms with Crippen molar-refractivity contribution in [2.45, 2.75) is 6.54 Å². The molecule has 154 valence electrons. The lowest BCUT2D eigenvalue weighted by molar-refractivity contribution is 0.820. The molecule has 1 N–H and O–H groups in total. The molecule has 0 saturated heterocycles. The molecule has 0 spiro atoms. The number of anilines is 2. The molecule has 0 aliphatic heterocycles. The molecule has 5 rings (SSSR count). The fourth-order valence-corrected chi connectivity index (χ4v) is 3.27. The van der Waals surface area contributed by atoms with Gasteiger partial charge in [0.15, 0.2) is 0 Å². The zero-order chi connectivity index (χ0) is 21.8. The van der Waals surface area contributed by atoms with Crippen LogP contribution in [0.3, 0.4) is 0 Å². The smallest absolute Gasteiger partial charge is 0.253 e. The van der Waals surface area contributed by atoms with Crippen LogP contribution in [0, 0.1) is 11.8 Å². The van der Waals surface area contributed by atoms with Crippen molar-refractivity contribution in [3.8, 4) is 17.5 Å². The molecule has 3 heterocycles. The number of benzene rings is 2. The van der Waals surface area contributed by atoms with Crippen LogP contribution in [0.5, 0.6) is 0 Å². The highest BCUT2D eigenvalue weighted by Gasteiger charge is 2.07. The minimum atomic E-state index is -0.159. The number of pyridine rings is 1. The van der Waals surface area contributed by atoms with E-state index >= 15 is 0 Å². The van der Waals surface area contributed by atoms with Crippen molar-refractivity contribution in [2.75, 3.05) is 5.32 Å². The average Bonchev–Trinajstić information content (AvgIpc) is 3.37. The Kier molecular flexibility index (Phi) is 5.17. The minimum absolute atomic E-state index is 0.159. The van der Waals surface area contributed by atoms with Gasteiger partial charge in [0.2, 0.25) is 5.95 Å². The highest BCUT2D eigenvalue weighted by atomic mass is 16.1. The highest BCUT2D eigenvalue weighted by Crippen LogP contribution is 2.17. The zero-order valence-electron chi connectivity index (χ0n) is 17.0. The Balaban J connectivity index is 1.42. The maximum atomic E-state index is 12.5. The number of fused-ring (bicyclic) bond motifs is 1. The maximum Gasteiger partial charge on any atom is 0.253 e. The van der Waals surface area contributed by atoms with E-state index in [0.717, 1.165) is 22.3 Å². The lowest BCUT2D eigenvalue weighted by Gasteiger charge is -2.09. The van der Waals surface area contributed by atoms with Crippen LogP contribution in [-0.2, 0) is 6.54 Å². The van der Waals surface area contributed by atoms with Crippen LogP contribution >= 0.6 is 0 Å². The van der Waals surface area contributed by atoms with E-state index in [4.69, 9.17) is 0 Å². The second-order valence-corrected chi connectivity index (χ2v) is 7.02. The molecule has 0 aliphatic carbocycles. The van der Waals surface area contributed by atoms with Crippen LogP contribution in [0.25, 0.3) is 16.7 Å². The second-order valence-electron chi connectivity index (χ2n) is 7.02. The molecule has 3 aromatic heterocycles. The van der Waals surface area contributed by atoms with Crippen molar-refractivity contribution in [1.82, 2.24) is 24.3 Å². The van der Waals surface area contributed by atoms with Gasteiger partial charge in [0.1, 0.15) is 5.65 Å². The number of hydrogen-bond acceptors (Lipinski definition) is 5. The van der Waals surface area contributed by atoms with E-state index in [1.54, 1.807) is 27.7 Å². The van der Waals surface area contributed by atoms with Gasteiger partial charge in [0, 0.05) is 41.3 Å². The molecule has 5 aromatic rings. The minimum Gasteiger partial charge on any atom is -0.324 e. The predicted molar refractivity (Wildman–Crippen MR) is 124 cm³/mol. The Morgan fingerprint density at radius 1 is 0.938 bits per heavy atom. The lowest BCUT2D eigenvalue weighted by Crippen LogP contribution is -2.20. The molecular formula is C25H18N6O. The van der Waals surface area contributed by atoms with Gasteiger partial charge in [-0.25, -0.2) is 9.67 Å². The Hall–Kier alpha value is -4.70. The normalized spacial score (nSPS) is 10.5. The van der Waals surface area contributed by atoms with Gasteiger partial charge in [-0.15, -0.1) is 0 Å². The van der Waals surface area contributed by atoms with Gasteiger partial charge >= 0.3 is 0 Å². The van der Waals surface area contributed by atoms with E-state index in [1.165, 1.54) is 6.07 Å². The second kappa shape index (κ2) is 8.58. The summed E-state index contributed by atoms with van der Waals surface area (Å²) in [6.45, 7) is 0.236. The monoisotopic (exact) mass is 418 g/mol. The fraction of sp³-hybridized carbons (Fsp3) is 0.0400. The molecule has 0 amide bonds. The standard InChI is InChI=1S/C25H18N6O/c32-23-14-9-20-18-26-25(28-21-10-12-22(13-11-21)31-17-5-15-27-31)29-24(20)30(23)16-4-8-19-6-2-1-3-7-19/h1-3,5-7,9-15,17-18H,16H2,(H,26,28,29). The van der Waals surface area contributed by atoms with E-state index in [-0.39, 0.29) is 12.1 Å². The van der Waals surface area contributed by atoms with Crippen LogP contribution in [0.15, 0.2) is 96.2 Å². The summed E-state index contributed by atoms with van der Waals surface area (Å²) in [5, 5.41) is 8.19. The summed E-state index contributed by atoms with van der Waals surface area (Å²) < 4.78 is 3.34. The van der Waals surface area contributed by atoms with E-state index < -0.39 is 0 Å². The third kappa shape index (κ3) is 4.11. The van der Waals surface area contributed by atoms with Crippen molar-refractivity contribution in [2.24, 2.45) is 0 Å².